The molecule has 2 N–H and O–H groups in total. The minimum atomic E-state index is -1.11. The summed E-state index contributed by atoms with van der Waals surface area (Å²) in [5, 5.41) is 10.8. The molecule has 1 aliphatic heterocycles. The highest BCUT2D eigenvalue weighted by Gasteiger charge is 2.36. The Morgan fingerprint density at radius 3 is 2.52 bits per heavy atom. The molecule has 1 saturated heterocycles. The summed E-state index contributed by atoms with van der Waals surface area (Å²) in [5.41, 5.74) is 1.11. The minimum absolute atomic E-state index is 0.167. The number of nitrogens with one attached hydrogen (secondary N) is 1. The number of carbonyl (C=O) groups excluding carboxylic acids is 3. The summed E-state index contributed by atoms with van der Waals surface area (Å²) in [5.74, 6) is -1.20. The molecule has 3 rings (SSSR count). The molecule has 2 aromatic rings. The van der Waals surface area contributed by atoms with E-state index in [2.05, 4.69) is 21.2 Å². The third kappa shape index (κ3) is 6.59. The number of carboxylic acids is 1. The molecule has 172 valence electrons. The zero-order valence-electron chi connectivity index (χ0n) is 17.4. The molecule has 2 aromatic carbocycles. The van der Waals surface area contributed by atoms with Crippen molar-refractivity contribution in [2.45, 2.75) is 6.92 Å². The summed E-state index contributed by atoms with van der Waals surface area (Å²) in [4.78, 5) is 49.0. The van der Waals surface area contributed by atoms with Crippen LogP contribution in [0, 0.1) is 0 Å². The summed E-state index contributed by atoms with van der Waals surface area (Å²) < 4.78 is 11.0. The fourth-order valence-corrected chi connectivity index (χ4v) is 4.15. The zero-order valence-corrected chi connectivity index (χ0v) is 19.8. The molecule has 0 aliphatic carbocycles. The van der Waals surface area contributed by atoms with Crippen LogP contribution >= 0.6 is 27.7 Å². The van der Waals surface area contributed by atoms with Gasteiger partial charge >= 0.3 is 5.97 Å². The highest BCUT2D eigenvalue weighted by molar-refractivity contribution is 9.10. The van der Waals surface area contributed by atoms with Crippen LogP contribution in [-0.4, -0.2) is 52.8 Å². The summed E-state index contributed by atoms with van der Waals surface area (Å²) >= 11 is 4.02. The Labute approximate surface area is 201 Å². The van der Waals surface area contributed by atoms with E-state index in [1.807, 2.05) is 6.92 Å². The Bertz CT molecular complexity index is 1120. The van der Waals surface area contributed by atoms with Crippen LogP contribution in [0.3, 0.4) is 0 Å². The van der Waals surface area contributed by atoms with Crippen molar-refractivity contribution in [1.82, 2.24) is 4.90 Å². The number of halogens is 1. The van der Waals surface area contributed by atoms with E-state index in [4.69, 9.17) is 14.6 Å². The van der Waals surface area contributed by atoms with E-state index in [9.17, 15) is 19.2 Å². The molecule has 1 fully saturated rings. The van der Waals surface area contributed by atoms with E-state index in [0.717, 1.165) is 16.7 Å². The van der Waals surface area contributed by atoms with Gasteiger partial charge in [-0.25, -0.2) is 4.79 Å². The van der Waals surface area contributed by atoms with Gasteiger partial charge in [-0.15, -0.1) is 0 Å². The first kappa shape index (κ1) is 24.3. The van der Waals surface area contributed by atoms with Crippen LogP contribution in [0.25, 0.3) is 6.08 Å². The van der Waals surface area contributed by atoms with Crippen molar-refractivity contribution in [2.75, 3.05) is 25.1 Å². The second-order valence-electron chi connectivity index (χ2n) is 6.65. The van der Waals surface area contributed by atoms with Crippen molar-refractivity contribution in [3.8, 4) is 11.5 Å². The SMILES string of the molecule is CCOc1ccc(NC(=O)CN2C(=O)S/C(=C/c3ccc(OCC(=O)O)c(Br)c3)C2=O)cc1. The van der Waals surface area contributed by atoms with Crippen LogP contribution in [0.4, 0.5) is 10.5 Å². The van der Waals surface area contributed by atoms with Crippen molar-refractivity contribution >= 4 is 62.5 Å². The number of benzene rings is 2. The standard InChI is InChI=1S/C22H19BrN2O7S/c1-2-31-15-6-4-14(5-7-15)24-19(26)11-25-21(29)18(33-22(25)30)10-13-3-8-17(16(23)9-13)32-12-20(27)28/h3-10H,2,11-12H2,1H3,(H,24,26)(H,27,28)/b18-10+. The molecule has 1 aliphatic rings. The van der Waals surface area contributed by atoms with E-state index >= 15 is 0 Å². The summed E-state index contributed by atoms with van der Waals surface area (Å²) in [6.45, 7) is 1.49. The minimum Gasteiger partial charge on any atom is -0.494 e. The fraction of sp³-hybridized carbons (Fsp3) is 0.182. The largest absolute Gasteiger partial charge is 0.494 e. The number of hydrogen-bond acceptors (Lipinski definition) is 7. The van der Waals surface area contributed by atoms with Crippen molar-refractivity contribution < 1.29 is 33.8 Å². The number of anilines is 1. The number of carbonyl (C=O) groups is 4. The number of amides is 3. The van der Waals surface area contributed by atoms with Gasteiger partial charge in [-0.05, 0) is 82.7 Å². The van der Waals surface area contributed by atoms with Gasteiger partial charge in [-0.1, -0.05) is 6.07 Å². The number of hydrogen-bond donors (Lipinski definition) is 2. The maximum absolute atomic E-state index is 12.7. The number of carboxylic acid groups (broad SMARTS) is 1. The molecule has 3 amide bonds. The molecule has 11 heteroatoms. The maximum Gasteiger partial charge on any atom is 0.341 e. The Morgan fingerprint density at radius 2 is 1.88 bits per heavy atom. The van der Waals surface area contributed by atoms with Gasteiger partial charge < -0.3 is 19.9 Å². The number of nitrogens with zero attached hydrogens (tertiary/aromatic N) is 1. The van der Waals surface area contributed by atoms with Gasteiger partial charge in [-0.2, -0.15) is 0 Å². The molecular formula is C22H19BrN2O7S. The number of imide groups is 1. The first-order valence-corrected chi connectivity index (χ1v) is 11.3. The molecule has 0 radical (unpaired) electrons. The lowest BCUT2D eigenvalue weighted by molar-refractivity contribution is -0.139. The van der Waals surface area contributed by atoms with Crippen LogP contribution in [0.1, 0.15) is 12.5 Å². The van der Waals surface area contributed by atoms with E-state index in [1.165, 1.54) is 6.08 Å². The van der Waals surface area contributed by atoms with Gasteiger partial charge in [0.05, 0.1) is 16.0 Å². The van der Waals surface area contributed by atoms with Crippen molar-refractivity contribution in [2.24, 2.45) is 0 Å². The molecule has 9 nitrogen and oxygen atoms in total. The van der Waals surface area contributed by atoms with Crippen LogP contribution in [0.2, 0.25) is 0 Å². The number of ether oxygens (including phenoxy) is 2. The molecule has 0 unspecified atom stereocenters. The Kier molecular flexibility index (Phi) is 8.12. The number of thioether (sulfide) groups is 1. The molecule has 33 heavy (non-hydrogen) atoms. The van der Waals surface area contributed by atoms with Gasteiger partial charge in [0.15, 0.2) is 6.61 Å². The molecule has 1 heterocycles. The molecule has 0 saturated carbocycles. The smallest absolute Gasteiger partial charge is 0.341 e. The normalized spacial score (nSPS) is 14.5. The monoisotopic (exact) mass is 534 g/mol. The average molecular weight is 535 g/mol. The van der Waals surface area contributed by atoms with Gasteiger partial charge in [0, 0.05) is 5.69 Å². The summed E-state index contributed by atoms with van der Waals surface area (Å²) in [7, 11) is 0. The molecule has 0 bridgehead atoms. The highest BCUT2D eigenvalue weighted by Crippen LogP contribution is 2.34. The van der Waals surface area contributed by atoms with Gasteiger partial charge in [0.2, 0.25) is 5.91 Å². The Balaban J connectivity index is 1.63. The topological polar surface area (TPSA) is 122 Å². The Hall–Kier alpha value is -3.31. The van der Waals surface area contributed by atoms with E-state index < -0.39 is 36.2 Å². The lowest BCUT2D eigenvalue weighted by Gasteiger charge is -2.12. The number of aliphatic carboxylic acids is 1. The van der Waals surface area contributed by atoms with Crippen molar-refractivity contribution in [3.05, 3.63) is 57.4 Å². The summed E-state index contributed by atoms with van der Waals surface area (Å²) in [6.07, 6.45) is 1.51. The van der Waals surface area contributed by atoms with Gasteiger partial charge in [-0.3, -0.25) is 19.3 Å². The number of rotatable bonds is 9. The molecule has 0 aromatic heterocycles. The second kappa shape index (κ2) is 11.0. The van der Waals surface area contributed by atoms with E-state index in [-0.39, 0.29) is 4.91 Å². The van der Waals surface area contributed by atoms with E-state index in [1.54, 1.807) is 42.5 Å². The molecular weight excluding hydrogens is 516 g/mol. The van der Waals surface area contributed by atoms with Crippen molar-refractivity contribution in [3.63, 3.8) is 0 Å². The second-order valence-corrected chi connectivity index (χ2v) is 8.49. The van der Waals surface area contributed by atoms with Crippen molar-refractivity contribution in [1.29, 1.82) is 0 Å². The van der Waals surface area contributed by atoms with Crippen LogP contribution < -0.4 is 14.8 Å². The van der Waals surface area contributed by atoms with Gasteiger partial charge in [0.25, 0.3) is 11.1 Å². The summed E-state index contributed by atoms with van der Waals surface area (Å²) in [6, 6.07) is 11.5. The third-order valence-corrected chi connectivity index (χ3v) is 5.76. The highest BCUT2D eigenvalue weighted by atomic mass is 79.9. The lowest BCUT2D eigenvalue weighted by Crippen LogP contribution is -2.36. The molecule has 0 atom stereocenters. The maximum atomic E-state index is 12.7. The lowest BCUT2D eigenvalue weighted by atomic mass is 10.2. The van der Waals surface area contributed by atoms with Crippen LogP contribution in [0.5, 0.6) is 11.5 Å². The third-order valence-electron chi connectivity index (χ3n) is 4.23. The Morgan fingerprint density at radius 1 is 1.15 bits per heavy atom. The fourth-order valence-electron chi connectivity index (χ4n) is 2.80. The first-order valence-electron chi connectivity index (χ1n) is 9.69. The van der Waals surface area contributed by atoms with Crippen LogP contribution in [0.15, 0.2) is 51.8 Å². The zero-order chi connectivity index (χ0) is 24.0. The van der Waals surface area contributed by atoms with Crippen LogP contribution in [-0.2, 0) is 14.4 Å². The quantitative estimate of drug-likeness (QED) is 0.463. The predicted molar refractivity (Wildman–Crippen MR) is 126 cm³/mol. The van der Waals surface area contributed by atoms with E-state index in [0.29, 0.717) is 33.8 Å². The first-order chi connectivity index (χ1) is 15.8. The molecule has 0 spiro atoms. The predicted octanol–water partition coefficient (Wildman–Crippen LogP) is 3.99. The average Bonchev–Trinajstić information content (AvgIpc) is 3.02. The van der Waals surface area contributed by atoms with Gasteiger partial charge in [0.1, 0.15) is 18.0 Å².